The first-order chi connectivity index (χ1) is 8.58. The summed E-state index contributed by atoms with van der Waals surface area (Å²) < 4.78 is 18.1. The van der Waals surface area contributed by atoms with Crippen LogP contribution in [-0.4, -0.2) is 29.7 Å². The standard InChI is InChI=1S/C12H12FNO4/c13-7-3-4-9(8(6-7)12(16)17)14-11(15)10-2-1-5-18-10/h3-4,6,10H,1-2,5H2,(H,14,15)(H,16,17)/t10-/m0/s1. The molecular formula is C12H12FNO4. The highest BCUT2D eigenvalue weighted by Crippen LogP contribution is 2.19. The molecule has 0 radical (unpaired) electrons. The Labute approximate surface area is 103 Å². The van der Waals surface area contributed by atoms with E-state index in [1.54, 1.807) is 0 Å². The Morgan fingerprint density at radius 2 is 2.22 bits per heavy atom. The van der Waals surface area contributed by atoms with Crippen LogP contribution >= 0.6 is 0 Å². The van der Waals surface area contributed by atoms with E-state index < -0.39 is 23.8 Å². The molecule has 1 saturated heterocycles. The van der Waals surface area contributed by atoms with Crippen LogP contribution in [0, 0.1) is 5.82 Å². The number of hydrogen-bond donors (Lipinski definition) is 2. The predicted octanol–water partition coefficient (Wildman–Crippen LogP) is 1.64. The molecule has 0 aromatic heterocycles. The summed E-state index contributed by atoms with van der Waals surface area (Å²) in [6, 6.07) is 3.19. The van der Waals surface area contributed by atoms with E-state index in [0.29, 0.717) is 13.0 Å². The van der Waals surface area contributed by atoms with Gasteiger partial charge >= 0.3 is 5.97 Å². The molecule has 1 aliphatic heterocycles. The lowest BCUT2D eigenvalue weighted by Gasteiger charge is -2.12. The molecule has 2 rings (SSSR count). The number of ether oxygens (including phenoxy) is 1. The molecular weight excluding hydrogens is 241 g/mol. The Bertz CT molecular complexity index is 483. The molecule has 5 nitrogen and oxygen atoms in total. The number of carbonyl (C=O) groups is 2. The van der Waals surface area contributed by atoms with Gasteiger partial charge in [0.1, 0.15) is 11.9 Å². The summed E-state index contributed by atoms with van der Waals surface area (Å²) >= 11 is 0. The first-order valence-electron chi connectivity index (χ1n) is 5.53. The third kappa shape index (κ3) is 2.65. The van der Waals surface area contributed by atoms with Crippen LogP contribution in [0.4, 0.5) is 10.1 Å². The van der Waals surface area contributed by atoms with Gasteiger partial charge in [0, 0.05) is 6.61 Å². The summed E-state index contributed by atoms with van der Waals surface area (Å²) in [6.45, 7) is 0.521. The maximum atomic E-state index is 12.9. The largest absolute Gasteiger partial charge is 0.478 e. The van der Waals surface area contributed by atoms with Crippen molar-refractivity contribution in [1.29, 1.82) is 0 Å². The highest BCUT2D eigenvalue weighted by Gasteiger charge is 2.24. The number of aromatic carboxylic acids is 1. The van der Waals surface area contributed by atoms with E-state index in [0.717, 1.165) is 18.6 Å². The molecule has 0 unspecified atom stereocenters. The van der Waals surface area contributed by atoms with E-state index in [4.69, 9.17) is 9.84 Å². The number of amides is 1. The lowest BCUT2D eigenvalue weighted by Crippen LogP contribution is -2.27. The van der Waals surface area contributed by atoms with Crippen LogP contribution in [0.25, 0.3) is 0 Å². The second kappa shape index (κ2) is 5.14. The van der Waals surface area contributed by atoms with Gasteiger partial charge in [0.15, 0.2) is 0 Å². The number of hydrogen-bond acceptors (Lipinski definition) is 3. The normalized spacial score (nSPS) is 18.6. The Kier molecular flexibility index (Phi) is 3.57. The highest BCUT2D eigenvalue weighted by atomic mass is 19.1. The van der Waals surface area contributed by atoms with E-state index in [-0.39, 0.29) is 11.3 Å². The molecule has 1 heterocycles. The van der Waals surface area contributed by atoms with Crippen molar-refractivity contribution in [3.05, 3.63) is 29.6 Å². The average molecular weight is 253 g/mol. The number of rotatable bonds is 3. The molecule has 6 heteroatoms. The molecule has 0 spiro atoms. The van der Waals surface area contributed by atoms with Gasteiger partial charge < -0.3 is 15.2 Å². The fourth-order valence-corrected chi connectivity index (χ4v) is 1.80. The third-order valence-electron chi connectivity index (χ3n) is 2.69. The quantitative estimate of drug-likeness (QED) is 0.858. The fourth-order valence-electron chi connectivity index (χ4n) is 1.80. The lowest BCUT2D eigenvalue weighted by molar-refractivity contribution is -0.124. The summed E-state index contributed by atoms with van der Waals surface area (Å²) in [5, 5.41) is 11.4. The van der Waals surface area contributed by atoms with Gasteiger partial charge in [0.2, 0.25) is 0 Å². The van der Waals surface area contributed by atoms with E-state index in [2.05, 4.69) is 5.32 Å². The molecule has 1 atom stereocenters. The zero-order chi connectivity index (χ0) is 13.1. The first kappa shape index (κ1) is 12.5. The number of carbonyl (C=O) groups excluding carboxylic acids is 1. The molecule has 1 amide bonds. The fraction of sp³-hybridized carbons (Fsp3) is 0.333. The van der Waals surface area contributed by atoms with Crippen molar-refractivity contribution in [2.75, 3.05) is 11.9 Å². The first-order valence-corrected chi connectivity index (χ1v) is 5.53. The highest BCUT2D eigenvalue weighted by molar-refractivity contribution is 6.01. The van der Waals surface area contributed by atoms with Crippen LogP contribution in [0.15, 0.2) is 18.2 Å². The Balaban J connectivity index is 2.17. The van der Waals surface area contributed by atoms with Crippen LogP contribution in [0.2, 0.25) is 0 Å². The van der Waals surface area contributed by atoms with Crippen molar-refractivity contribution in [2.24, 2.45) is 0 Å². The number of benzene rings is 1. The van der Waals surface area contributed by atoms with E-state index in [1.807, 2.05) is 0 Å². The van der Waals surface area contributed by atoms with Gasteiger partial charge in [-0.05, 0) is 31.0 Å². The second-order valence-electron chi connectivity index (χ2n) is 3.99. The average Bonchev–Trinajstić information content (AvgIpc) is 2.84. The second-order valence-corrected chi connectivity index (χ2v) is 3.99. The summed E-state index contributed by atoms with van der Waals surface area (Å²) in [4.78, 5) is 22.7. The van der Waals surface area contributed by atoms with Gasteiger partial charge in [-0.1, -0.05) is 0 Å². The monoisotopic (exact) mass is 253 g/mol. The number of halogens is 1. The van der Waals surface area contributed by atoms with Gasteiger partial charge in [-0.15, -0.1) is 0 Å². The van der Waals surface area contributed by atoms with Crippen LogP contribution in [0.5, 0.6) is 0 Å². The van der Waals surface area contributed by atoms with E-state index in [9.17, 15) is 14.0 Å². The minimum atomic E-state index is -1.29. The van der Waals surface area contributed by atoms with Crippen molar-refractivity contribution in [2.45, 2.75) is 18.9 Å². The molecule has 18 heavy (non-hydrogen) atoms. The number of anilines is 1. The molecule has 0 bridgehead atoms. The summed E-state index contributed by atoms with van der Waals surface area (Å²) in [5.74, 6) is -2.36. The van der Waals surface area contributed by atoms with Crippen molar-refractivity contribution in [3.8, 4) is 0 Å². The van der Waals surface area contributed by atoms with Crippen molar-refractivity contribution in [1.82, 2.24) is 0 Å². The molecule has 1 fully saturated rings. The van der Waals surface area contributed by atoms with Crippen molar-refractivity contribution >= 4 is 17.6 Å². The van der Waals surface area contributed by atoms with Crippen LogP contribution < -0.4 is 5.32 Å². The Hall–Kier alpha value is -1.95. The number of carboxylic acid groups (broad SMARTS) is 1. The smallest absolute Gasteiger partial charge is 0.337 e. The molecule has 1 aromatic carbocycles. The lowest BCUT2D eigenvalue weighted by atomic mass is 10.1. The maximum Gasteiger partial charge on any atom is 0.337 e. The van der Waals surface area contributed by atoms with Crippen LogP contribution in [-0.2, 0) is 9.53 Å². The molecule has 1 aliphatic rings. The third-order valence-corrected chi connectivity index (χ3v) is 2.69. The number of nitrogens with one attached hydrogen (secondary N) is 1. The topological polar surface area (TPSA) is 75.6 Å². The summed E-state index contributed by atoms with van der Waals surface area (Å²) in [5.41, 5.74) is -0.203. The van der Waals surface area contributed by atoms with Gasteiger partial charge in [-0.25, -0.2) is 9.18 Å². The van der Waals surface area contributed by atoms with Gasteiger partial charge in [-0.2, -0.15) is 0 Å². The molecule has 0 aliphatic carbocycles. The van der Waals surface area contributed by atoms with Crippen LogP contribution in [0.3, 0.4) is 0 Å². The van der Waals surface area contributed by atoms with Crippen molar-refractivity contribution < 1.29 is 23.8 Å². The Morgan fingerprint density at radius 1 is 1.44 bits per heavy atom. The SMILES string of the molecule is O=C(O)c1cc(F)ccc1NC(=O)[C@@H]1CCCO1. The predicted molar refractivity (Wildman–Crippen MR) is 61.0 cm³/mol. The van der Waals surface area contributed by atoms with Gasteiger partial charge in [-0.3, -0.25) is 4.79 Å². The minimum Gasteiger partial charge on any atom is -0.478 e. The molecule has 96 valence electrons. The maximum absolute atomic E-state index is 12.9. The van der Waals surface area contributed by atoms with Crippen molar-refractivity contribution in [3.63, 3.8) is 0 Å². The van der Waals surface area contributed by atoms with E-state index in [1.165, 1.54) is 6.07 Å². The zero-order valence-corrected chi connectivity index (χ0v) is 9.48. The Morgan fingerprint density at radius 3 is 2.83 bits per heavy atom. The van der Waals surface area contributed by atoms with Gasteiger partial charge in [0.25, 0.3) is 5.91 Å². The number of carboxylic acids is 1. The van der Waals surface area contributed by atoms with E-state index >= 15 is 0 Å². The van der Waals surface area contributed by atoms with Crippen LogP contribution in [0.1, 0.15) is 23.2 Å². The molecule has 2 N–H and O–H groups in total. The molecule has 0 saturated carbocycles. The zero-order valence-electron chi connectivity index (χ0n) is 9.48. The summed E-state index contributed by atoms with van der Waals surface area (Å²) in [7, 11) is 0. The molecule has 1 aromatic rings. The minimum absolute atomic E-state index is 0.0735. The van der Waals surface area contributed by atoms with Gasteiger partial charge in [0.05, 0.1) is 11.3 Å². The summed E-state index contributed by atoms with van der Waals surface area (Å²) in [6.07, 6.45) is 0.847.